The van der Waals surface area contributed by atoms with Crippen molar-refractivity contribution in [1.82, 2.24) is 0 Å². The minimum Gasteiger partial charge on any atom is -0.303 e. The zero-order valence-corrected chi connectivity index (χ0v) is 9.69. The number of hydrogen-bond acceptors (Lipinski definition) is 3. The SMILES string of the molecule is CSc1cc(C(F)(F)F)ccc1C(=O)CC=O. The first-order valence-electron chi connectivity index (χ1n) is 4.62. The number of carbonyl (C=O) groups excluding carboxylic acids is 2. The highest BCUT2D eigenvalue weighted by atomic mass is 32.2. The molecule has 0 amide bonds. The fourth-order valence-electron chi connectivity index (χ4n) is 1.28. The molecule has 0 aliphatic carbocycles. The number of Topliss-reactive ketones (excluding diaryl/α,β-unsaturated/α-hetero) is 1. The van der Waals surface area contributed by atoms with E-state index in [0.29, 0.717) is 6.29 Å². The minimum absolute atomic E-state index is 0.151. The molecular formula is C11H9F3O2S. The van der Waals surface area contributed by atoms with Gasteiger partial charge in [0.25, 0.3) is 0 Å². The van der Waals surface area contributed by atoms with Crippen molar-refractivity contribution in [2.24, 2.45) is 0 Å². The van der Waals surface area contributed by atoms with Crippen LogP contribution in [0.2, 0.25) is 0 Å². The van der Waals surface area contributed by atoms with Gasteiger partial charge in [-0.25, -0.2) is 0 Å². The van der Waals surface area contributed by atoms with Gasteiger partial charge in [-0.05, 0) is 24.5 Å². The van der Waals surface area contributed by atoms with Crippen molar-refractivity contribution in [2.45, 2.75) is 17.5 Å². The number of halogens is 3. The second kappa shape index (κ2) is 5.35. The summed E-state index contributed by atoms with van der Waals surface area (Å²) in [6.07, 6.45) is -2.74. The summed E-state index contributed by atoms with van der Waals surface area (Å²) in [5.41, 5.74) is -0.651. The second-order valence-corrected chi connectivity index (χ2v) is 4.05. The Hall–Kier alpha value is -1.30. The number of ketones is 1. The molecule has 1 aromatic carbocycles. The highest BCUT2D eigenvalue weighted by Crippen LogP contribution is 2.33. The zero-order chi connectivity index (χ0) is 13.1. The molecule has 0 saturated heterocycles. The summed E-state index contributed by atoms with van der Waals surface area (Å²) in [6.45, 7) is 0. The lowest BCUT2D eigenvalue weighted by atomic mass is 10.1. The first-order chi connectivity index (χ1) is 7.90. The summed E-state index contributed by atoms with van der Waals surface area (Å²) in [5, 5.41) is 0. The van der Waals surface area contributed by atoms with E-state index in [9.17, 15) is 22.8 Å². The van der Waals surface area contributed by atoms with Crippen LogP contribution in [0.5, 0.6) is 0 Å². The van der Waals surface area contributed by atoms with Gasteiger partial charge in [0.05, 0.1) is 12.0 Å². The molecule has 17 heavy (non-hydrogen) atoms. The van der Waals surface area contributed by atoms with Crippen molar-refractivity contribution in [3.8, 4) is 0 Å². The molecule has 0 aliphatic rings. The van der Waals surface area contributed by atoms with Gasteiger partial charge in [-0.15, -0.1) is 11.8 Å². The number of alkyl halides is 3. The molecule has 0 radical (unpaired) electrons. The normalized spacial score (nSPS) is 11.3. The number of aldehydes is 1. The fraction of sp³-hybridized carbons (Fsp3) is 0.273. The second-order valence-electron chi connectivity index (χ2n) is 3.21. The van der Waals surface area contributed by atoms with Gasteiger partial charge < -0.3 is 4.79 Å². The van der Waals surface area contributed by atoms with Crippen molar-refractivity contribution in [2.75, 3.05) is 6.26 Å². The van der Waals surface area contributed by atoms with Crippen molar-refractivity contribution in [1.29, 1.82) is 0 Å². The van der Waals surface area contributed by atoms with Crippen LogP contribution in [0, 0.1) is 0 Å². The number of hydrogen-bond donors (Lipinski definition) is 0. The van der Waals surface area contributed by atoms with Crippen LogP contribution in [0.1, 0.15) is 22.3 Å². The third-order valence-corrected chi connectivity index (χ3v) is 2.88. The van der Waals surface area contributed by atoms with E-state index in [2.05, 4.69) is 0 Å². The average molecular weight is 262 g/mol. The molecule has 1 aromatic rings. The third-order valence-electron chi connectivity index (χ3n) is 2.10. The number of rotatable bonds is 4. The Kier molecular flexibility index (Phi) is 4.34. The maximum atomic E-state index is 12.4. The first kappa shape index (κ1) is 13.8. The zero-order valence-electron chi connectivity index (χ0n) is 8.88. The Morgan fingerprint density at radius 1 is 1.41 bits per heavy atom. The molecule has 6 heteroatoms. The largest absolute Gasteiger partial charge is 0.416 e. The molecule has 0 atom stereocenters. The molecule has 92 valence electrons. The Labute approximate surface area is 100 Å². The topological polar surface area (TPSA) is 34.1 Å². The van der Waals surface area contributed by atoms with Gasteiger partial charge in [-0.3, -0.25) is 4.79 Å². The fourth-order valence-corrected chi connectivity index (χ4v) is 1.93. The quantitative estimate of drug-likeness (QED) is 0.361. The molecule has 0 aromatic heterocycles. The Morgan fingerprint density at radius 2 is 2.06 bits per heavy atom. The lowest BCUT2D eigenvalue weighted by molar-refractivity contribution is -0.137. The maximum absolute atomic E-state index is 12.4. The standard InChI is InChI=1S/C11H9F3O2S/c1-17-10-6-7(11(12,13)14)2-3-8(10)9(16)4-5-15/h2-3,5-6H,4H2,1H3. The van der Waals surface area contributed by atoms with E-state index in [1.807, 2.05) is 0 Å². The van der Waals surface area contributed by atoms with Gasteiger partial charge in [0.2, 0.25) is 0 Å². The molecule has 0 aliphatic heterocycles. The van der Waals surface area contributed by atoms with Crippen molar-refractivity contribution in [3.63, 3.8) is 0 Å². The Balaban J connectivity index is 3.18. The van der Waals surface area contributed by atoms with Crippen molar-refractivity contribution >= 4 is 23.8 Å². The summed E-state index contributed by atoms with van der Waals surface area (Å²) >= 11 is 1.04. The first-order valence-corrected chi connectivity index (χ1v) is 5.84. The lowest BCUT2D eigenvalue weighted by Crippen LogP contribution is -2.08. The van der Waals surface area contributed by atoms with Crippen LogP contribution in [0.3, 0.4) is 0 Å². The third kappa shape index (κ3) is 3.33. The summed E-state index contributed by atoms with van der Waals surface area (Å²) in [7, 11) is 0. The van der Waals surface area contributed by atoms with Crippen LogP contribution in [-0.4, -0.2) is 18.3 Å². The molecule has 0 unspecified atom stereocenters. The number of benzene rings is 1. The molecule has 0 spiro atoms. The summed E-state index contributed by atoms with van der Waals surface area (Å²) in [6, 6.07) is 2.88. The van der Waals surface area contributed by atoms with E-state index in [1.54, 1.807) is 6.26 Å². The smallest absolute Gasteiger partial charge is 0.303 e. The van der Waals surface area contributed by atoms with E-state index >= 15 is 0 Å². The highest BCUT2D eigenvalue weighted by Gasteiger charge is 2.31. The molecule has 0 heterocycles. The molecule has 1 rings (SSSR count). The molecule has 0 saturated carbocycles. The Morgan fingerprint density at radius 3 is 2.53 bits per heavy atom. The van der Waals surface area contributed by atoms with Gasteiger partial charge in [0.15, 0.2) is 5.78 Å². The molecule has 2 nitrogen and oxygen atoms in total. The maximum Gasteiger partial charge on any atom is 0.416 e. The molecule has 0 fully saturated rings. The van der Waals surface area contributed by atoms with E-state index in [0.717, 1.165) is 30.0 Å². The van der Waals surface area contributed by atoms with Crippen LogP contribution in [0.4, 0.5) is 13.2 Å². The summed E-state index contributed by atoms with van der Waals surface area (Å²) in [5.74, 6) is -0.474. The minimum atomic E-state index is -4.43. The van der Waals surface area contributed by atoms with Crippen LogP contribution < -0.4 is 0 Å². The Bertz CT molecular complexity index is 441. The van der Waals surface area contributed by atoms with Crippen molar-refractivity contribution in [3.05, 3.63) is 29.3 Å². The predicted octanol–water partition coefficient (Wildman–Crippen LogP) is 3.20. The van der Waals surface area contributed by atoms with Gasteiger partial charge in [0.1, 0.15) is 6.29 Å². The van der Waals surface area contributed by atoms with Crippen LogP contribution in [0.25, 0.3) is 0 Å². The van der Waals surface area contributed by atoms with Crippen LogP contribution in [0.15, 0.2) is 23.1 Å². The van der Waals surface area contributed by atoms with Crippen molar-refractivity contribution < 1.29 is 22.8 Å². The number of carbonyl (C=O) groups is 2. The van der Waals surface area contributed by atoms with Gasteiger partial charge in [-0.2, -0.15) is 13.2 Å². The predicted molar refractivity (Wildman–Crippen MR) is 58.2 cm³/mol. The number of thioether (sulfide) groups is 1. The van der Waals surface area contributed by atoms with Gasteiger partial charge in [0, 0.05) is 10.5 Å². The van der Waals surface area contributed by atoms with Crippen LogP contribution >= 0.6 is 11.8 Å². The van der Waals surface area contributed by atoms with E-state index in [-0.39, 0.29) is 16.9 Å². The summed E-state index contributed by atoms with van der Waals surface area (Å²) in [4.78, 5) is 21.9. The lowest BCUT2D eigenvalue weighted by Gasteiger charge is -2.10. The average Bonchev–Trinajstić information content (AvgIpc) is 2.27. The van der Waals surface area contributed by atoms with E-state index in [4.69, 9.17) is 0 Å². The highest BCUT2D eigenvalue weighted by molar-refractivity contribution is 7.98. The monoisotopic (exact) mass is 262 g/mol. The van der Waals surface area contributed by atoms with Crippen LogP contribution in [-0.2, 0) is 11.0 Å². The van der Waals surface area contributed by atoms with Gasteiger partial charge >= 0.3 is 6.18 Å². The summed E-state index contributed by atoms with van der Waals surface area (Å²) < 4.78 is 37.3. The van der Waals surface area contributed by atoms with E-state index in [1.165, 1.54) is 0 Å². The molecule has 0 bridgehead atoms. The van der Waals surface area contributed by atoms with Gasteiger partial charge in [-0.1, -0.05) is 0 Å². The molecule has 0 N–H and O–H groups in total. The molecular weight excluding hydrogens is 253 g/mol. The van der Waals surface area contributed by atoms with E-state index < -0.39 is 17.5 Å².